The second-order valence-electron chi connectivity index (χ2n) is 6.40. The molecule has 4 heteroatoms. The molecule has 3 rings (SSSR count). The molecular weight excluding hydrogens is 372 g/mol. The Balaban J connectivity index is 1.65. The van der Waals surface area contributed by atoms with Crippen molar-refractivity contribution in [2.24, 2.45) is 0 Å². The molecule has 27 heavy (non-hydrogen) atoms. The maximum atomic E-state index is 5.97. The molecule has 0 amide bonds. The first-order valence-electron chi connectivity index (χ1n) is 9.10. The number of hydrogen-bond donors (Lipinski definition) is 1. The van der Waals surface area contributed by atoms with E-state index in [1.54, 1.807) is 0 Å². The Morgan fingerprint density at radius 1 is 0.741 bits per heavy atom. The van der Waals surface area contributed by atoms with Gasteiger partial charge in [0.25, 0.3) is 0 Å². The molecule has 0 heterocycles. The van der Waals surface area contributed by atoms with Crippen molar-refractivity contribution in [3.05, 3.63) is 101 Å². The molecule has 138 valence electrons. The number of nitrogens with zero attached hydrogens (tertiary/aromatic N) is 1. The summed E-state index contributed by atoms with van der Waals surface area (Å²) in [6, 6.07) is 28.7. The lowest BCUT2D eigenvalue weighted by Crippen LogP contribution is -2.37. The topological polar surface area (TPSA) is 15.3 Å². The second kappa shape index (κ2) is 10.1. The first-order valence-corrected chi connectivity index (χ1v) is 9.89. The van der Waals surface area contributed by atoms with Gasteiger partial charge >= 0.3 is 0 Å². The van der Waals surface area contributed by atoms with Crippen molar-refractivity contribution in [2.75, 3.05) is 18.4 Å². The summed E-state index contributed by atoms with van der Waals surface area (Å²) >= 11 is 11.7. The number of hydrogen-bond acceptors (Lipinski definition) is 1. The van der Waals surface area contributed by atoms with E-state index in [0.717, 1.165) is 41.8 Å². The zero-order valence-corrected chi connectivity index (χ0v) is 16.7. The number of nitrogens with one attached hydrogen (secondary N) is 1. The van der Waals surface area contributed by atoms with Gasteiger partial charge in [-0.1, -0.05) is 72.3 Å². The largest absolute Gasteiger partial charge is 0.348 e. The zero-order chi connectivity index (χ0) is 18.9. The van der Waals surface area contributed by atoms with E-state index < -0.39 is 0 Å². The summed E-state index contributed by atoms with van der Waals surface area (Å²) in [6.45, 7) is 1.74. The SMILES string of the molecule is S=C(Nc1ccc(Cl)cc1)N(CCc1ccccc1)CCc1ccccc1. The Morgan fingerprint density at radius 3 is 1.70 bits per heavy atom. The lowest BCUT2D eigenvalue weighted by molar-refractivity contribution is 0.432. The summed E-state index contributed by atoms with van der Waals surface area (Å²) in [7, 11) is 0. The van der Waals surface area contributed by atoms with Crippen molar-refractivity contribution in [3.8, 4) is 0 Å². The third-order valence-electron chi connectivity index (χ3n) is 4.41. The maximum absolute atomic E-state index is 5.97. The molecule has 2 nitrogen and oxygen atoms in total. The van der Waals surface area contributed by atoms with Crippen LogP contribution in [0.1, 0.15) is 11.1 Å². The second-order valence-corrected chi connectivity index (χ2v) is 7.22. The molecule has 0 unspecified atom stereocenters. The summed E-state index contributed by atoms with van der Waals surface area (Å²) in [4.78, 5) is 2.24. The van der Waals surface area contributed by atoms with Gasteiger partial charge in [0, 0.05) is 23.8 Å². The Labute approximate surface area is 171 Å². The van der Waals surface area contributed by atoms with Gasteiger partial charge in [-0.05, 0) is 60.5 Å². The highest BCUT2D eigenvalue weighted by Gasteiger charge is 2.10. The quantitative estimate of drug-likeness (QED) is 0.508. The summed E-state index contributed by atoms with van der Waals surface area (Å²) in [5.41, 5.74) is 3.59. The monoisotopic (exact) mass is 394 g/mol. The molecule has 0 aliphatic rings. The van der Waals surface area contributed by atoms with Crippen LogP contribution in [-0.2, 0) is 12.8 Å². The average Bonchev–Trinajstić information content (AvgIpc) is 2.71. The van der Waals surface area contributed by atoms with Crippen LogP contribution in [0.5, 0.6) is 0 Å². The number of benzene rings is 3. The number of thiocarbonyl (C=S) groups is 1. The van der Waals surface area contributed by atoms with Crippen LogP contribution in [-0.4, -0.2) is 23.1 Å². The summed E-state index contributed by atoms with van der Waals surface area (Å²) in [6.07, 6.45) is 1.91. The van der Waals surface area contributed by atoms with Crippen LogP contribution >= 0.6 is 23.8 Å². The zero-order valence-electron chi connectivity index (χ0n) is 15.1. The highest BCUT2D eigenvalue weighted by atomic mass is 35.5. The molecule has 0 fully saturated rings. The van der Waals surface area contributed by atoms with E-state index in [1.165, 1.54) is 11.1 Å². The minimum Gasteiger partial charge on any atom is -0.348 e. The van der Waals surface area contributed by atoms with Crippen LogP contribution in [0.4, 0.5) is 5.69 Å². The highest BCUT2D eigenvalue weighted by Crippen LogP contribution is 2.14. The van der Waals surface area contributed by atoms with Gasteiger partial charge in [-0.3, -0.25) is 0 Å². The van der Waals surface area contributed by atoms with Crippen molar-refractivity contribution in [3.63, 3.8) is 0 Å². The van der Waals surface area contributed by atoms with Crippen molar-refractivity contribution in [1.82, 2.24) is 4.90 Å². The molecule has 0 aliphatic heterocycles. The molecule has 0 saturated carbocycles. The lowest BCUT2D eigenvalue weighted by atomic mass is 10.1. The van der Waals surface area contributed by atoms with Crippen molar-refractivity contribution in [2.45, 2.75) is 12.8 Å². The molecule has 0 aliphatic carbocycles. The van der Waals surface area contributed by atoms with Gasteiger partial charge in [-0.2, -0.15) is 0 Å². The summed E-state index contributed by atoms with van der Waals surface area (Å²) < 4.78 is 0. The Morgan fingerprint density at radius 2 is 1.22 bits per heavy atom. The minimum absolute atomic E-state index is 0.719. The van der Waals surface area contributed by atoms with E-state index in [4.69, 9.17) is 23.8 Å². The van der Waals surface area contributed by atoms with Crippen LogP contribution in [0.3, 0.4) is 0 Å². The smallest absolute Gasteiger partial charge is 0.173 e. The Kier molecular flexibility index (Phi) is 7.26. The number of halogens is 1. The van der Waals surface area contributed by atoms with Crippen LogP contribution in [0.25, 0.3) is 0 Å². The molecule has 3 aromatic rings. The van der Waals surface area contributed by atoms with Gasteiger partial charge in [0.05, 0.1) is 0 Å². The minimum atomic E-state index is 0.719. The van der Waals surface area contributed by atoms with Gasteiger partial charge < -0.3 is 10.2 Å². The van der Waals surface area contributed by atoms with Crippen molar-refractivity contribution >= 4 is 34.6 Å². The van der Waals surface area contributed by atoms with Gasteiger partial charge in [0.1, 0.15) is 0 Å². The predicted octanol–water partition coefficient (Wildman–Crippen LogP) is 5.82. The fraction of sp³-hybridized carbons (Fsp3) is 0.174. The van der Waals surface area contributed by atoms with E-state index in [1.807, 2.05) is 36.4 Å². The molecule has 0 atom stereocenters. The fourth-order valence-electron chi connectivity index (χ4n) is 2.87. The number of anilines is 1. The normalized spacial score (nSPS) is 10.4. The first kappa shape index (κ1) is 19.4. The molecule has 0 spiro atoms. The molecule has 3 aromatic carbocycles. The van der Waals surface area contributed by atoms with Crippen molar-refractivity contribution < 1.29 is 0 Å². The maximum Gasteiger partial charge on any atom is 0.173 e. The summed E-state index contributed by atoms with van der Waals surface area (Å²) in [5, 5.41) is 4.80. The fourth-order valence-corrected chi connectivity index (χ4v) is 3.29. The van der Waals surface area contributed by atoms with E-state index in [9.17, 15) is 0 Å². The Bertz CT molecular complexity index is 792. The highest BCUT2D eigenvalue weighted by molar-refractivity contribution is 7.80. The third kappa shape index (κ3) is 6.38. The molecular formula is C23H23ClN2S. The van der Waals surface area contributed by atoms with Gasteiger partial charge in [0.15, 0.2) is 5.11 Å². The van der Waals surface area contributed by atoms with Crippen LogP contribution in [0, 0.1) is 0 Å². The first-order chi connectivity index (χ1) is 13.2. The average molecular weight is 395 g/mol. The molecule has 0 radical (unpaired) electrons. The van der Waals surface area contributed by atoms with Crippen LogP contribution < -0.4 is 5.32 Å². The Hall–Kier alpha value is -2.36. The molecule has 0 bridgehead atoms. The van der Waals surface area contributed by atoms with Gasteiger partial charge in [0.2, 0.25) is 0 Å². The van der Waals surface area contributed by atoms with Crippen molar-refractivity contribution in [1.29, 1.82) is 0 Å². The van der Waals surface area contributed by atoms with E-state index in [2.05, 4.69) is 58.7 Å². The summed E-state index contributed by atoms with van der Waals surface area (Å²) in [5.74, 6) is 0. The molecule has 1 N–H and O–H groups in total. The van der Waals surface area contributed by atoms with E-state index in [0.29, 0.717) is 0 Å². The van der Waals surface area contributed by atoms with Crippen LogP contribution in [0.2, 0.25) is 5.02 Å². The predicted molar refractivity (Wildman–Crippen MR) is 120 cm³/mol. The van der Waals surface area contributed by atoms with Gasteiger partial charge in [-0.25, -0.2) is 0 Å². The standard InChI is InChI=1S/C23H23ClN2S/c24-21-11-13-22(14-12-21)25-23(27)26(17-15-19-7-3-1-4-8-19)18-16-20-9-5-2-6-10-20/h1-14H,15-18H2,(H,25,27). The molecule has 0 saturated heterocycles. The van der Waals surface area contributed by atoms with E-state index in [-0.39, 0.29) is 0 Å². The molecule has 0 aromatic heterocycles. The number of rotatable bonds is 7. The lowest BCUT2D eigenvalue weighted by Gasteiger charge is -2.26. The van der Waals surface area contributed by atoms with Gasteiger partial charge in [-0.15, -0.1) is 0 Å². The van der Waals surface area contributed by atoms with Crippen LogP contribution in [0.15, 0.2) is 84.9 Å². The third-order valence-corrected chi connectivity index (χ3v) is 5.02. The van der Waals surface area contributed by atoms with E-state index >= 15 is 0 Å².